The van der Waals surface area contributed by atoms with Crippen molar-refractivity contribution in [3.63, 3.8) is 0 Å². The summed E-state index contributed by atoms with van der Waals surface area (Å²) in [6.07, 6.45) is 3.72. The Hall–Kier alpha value is -3.46. The van der Waals surface area contributed by atoms with Crippen molar-refractivity contribution in [1.29, 1.82) is 0 Å². The van der Waals surface area contributed by atoms with Crippen molar-refractivity contribution < 1.29 is 17.6 Å². The average Bonchev–Trinajstić information content (AvgIpc) is 3.56. The molecule has 8 nitrogen and oxygen atoms in total. The monoisotopic (exact) mass is 478 g/mol. The Bertz CT molecular complexity index is 1430. The number of furan rings is 1. The van der Waals surface area contributed by atoms with Crippen LogP contribution in [0.15, 0.2) is 59.2 Å². The van der Waals surface area contributed by atoms with Gasteiger partial charge in [0.15, 0.2) is 21.2 Å². The highest BCUT2D eigenvalue weighted by Crippen LogP contribution is 2.32. The van der Waals surface area contributed by atoms with E-state index in [2.05, 4.69) is 22.5 Å². The molecule has 4 aromatic rings. The average molecular weight is 479 g/mol. The van der Waals surface area contributed by atoms with Crippen LogP contribution in [-0.4, -0.2) is 47.1 Å². The molecule has 34 heavy (non-hydrogen) atoms. The molecule has 1 saturated heterocycles. The van der Waals surface area contributed by atoms with E-state index in [1.54, 1.807) is 29.1 Å². The standard InChI is InChI=1S/C25H26N4O4S/c1-17-23-20(25(30)26-12-5-9-18-7-3-2-4-8-18)15-21(22-10-6-13-33-22)27-24(23)29(28-17)19-11-14-34(31,32)16-19/h2-4,6-8,10,13,15,19H,5,9,11-12,14,16H2,1H3,(H,26,30). The molecule has 0 bridgehead atoms. The van der Waals surface area contributed by atoms with E-state index in [9.17, 15) is 13.2 Å². The van der Waals surface area contributed by atoms with Crippen LogP contribution in [-0.2, 0) is 16.3 Å². The number of benzene rings is 1. The van der Waals surface area contributed by atoms with Gasteiger partial charge in [-0.3, -0.25) is 4.79 Å². The zero-order valence-electron chi connectivity index (χ0n) is 18.9. The lowest BCUT2D eigenvalue weighted by Gasteiger charge is -2.12. The molecule has 9 heteroatoms. The number of sulfone groups is 1. The first-order chi connectivity index (χ1) is 16.4. The predicted octanol–water partition coefficient (Wildman–Crippen LogP) is 3.72. The van der Waals surface area contributed by atoms with Crippen LogP contribution in [0.3, 0.4) is 0 Å². The van der Waals surface area contributed by atoms with E-state index in [1.807, 2.05) is 25.1 Å². The SMILES string of the molecule is Cc1nn(C2CCS(=O)(=O)C2)c2nc(-c3ccco3)cc(C(=O)NCCCc3ccccc3)c12. The van der Waals surface area contributed by atoms with Crippen LogP contribution < -0.4 is 5.32 Å². The Kier molecular flexibility index (Phi) is 5.95. The van der Waals surface area contributed by atoms with E-state index >= 15 is 0 Å². The molecule has 1 atom stereocenters. The normalized spacial score (nSPS) is 17.3. The molecule has 5 rings (SSSR count). The summed E-state index contributed by atoms with van der Waals surface area (Å²) in [5, 5.41) is 8.28. The van der Waals surface area contributed by atoms with Gasteiger partial charge in [0.05, 0.1) is 40.5 Å². The molecule has 0 aliphatic carbocycles. The van der Waals surface area contributed by atoms with E-state index in [-0.39, 0.29) is 23.5 Å². The Morgan fingerprint density at radius 2 is 2.03 bits per heavy atom. The molecule has 0 saturated carbocycles. The zero-order chi connectivity index (χ0) is 23.7. The minimum atomic E-state index is -3.11. The minimum Gasteiger partial charge on any atom is -0.463 e. The maximum atomic E-state index is 13.3. The molecule has 1 amide bonds. The van der Waals surface area contributed by atoms with Gasteiger partial charge in [-0.1, -0.05) is 30.3 Å². The molecule has 1 aliphatic heterocycles. The summed E-state index contributed by atoms with van der Waals surface area (Å²) in [5.74, 6) is 0.473. The van der Waals surface area contributed by atoms with E-state index in [4.69, 9.17) is 9.40 Å². The Balaban J connectivity index is 1.47. The number of rotatable bonds is 7. The van der Waals surface area contributed by atoms with Crippen molar-refractivity contribution in [3.05, 3.63) is 71.6 Å². The van der Waals surface area contributed by atoms with Gasteiger partial charge in [-0.05, 0) is 49.9 Å². The second kappa shape index (κ2) is 9.06. The van der Waals surface area contributed by atoms with Crippen molar-refractivity contribution in [3.8, 4) is 11.5 Å². The number of carbonyl (C=O) groups excluding carboxylic acids is 1. The Morgan fingerprint density at radius 3 is 2.74 bits per heavy atom. The summed E-state index contributed by atoms with van der Waals surface area (Å²) >= 11 is 0. The Labute approximate surface area is 197 Å². The third kappa shape index (κ3) is 4.48. The van der Waals surface area contributed by atoms with Gasteiger partial charge in [0.2, 0.25) is 0 Å². The third-order valence-corrected chi connectivity index (χ3v) is 7.93. The fraction of sp³-hybridized carbons (Fsp3) is 0.320. The zero-order valence-corrected chi connectivity index (χ0v) is 19.7. The number of carbonyl (C=O) groups is 1. The highest BCUT2D eigenvalue weighted by molar-refractivity contribution is 7.91. The molecule has 1 unspecified atom stereocenters. The van der Waals surface area contributed by atoms with E-state index < -0.39 is 9.84 Å². The van der Waals surface area contributed by atoms with Gasteiger partial charge in [0.25, 0.3) is 5.91 Å². The first kappa shape index (κ1) is 22.3. The summed E-state index contributed by atoms with van der Waals surface area (Å²) in [5.41, 5.74) is 3.34. The molecule has 4 heterocycles. The number of hydrogen-bond acceptors (Lipinski definition) is 6. The summed E-state index contributed by atoms with van der Waals surface area (Å²) < 4.78 is 31.4. The summed E-state index contributed by atoms with van der Waals surface area (Å²) in [6.45, 7) is 2.35. The number of nitrogens with one attached hydrogen (secondary N) is 1. The summed E-state index contributed by atoms with van der Waals surface area (Å²) in [6, 6.07) is 15.1. The van der Waals surface area contributed by atoms with Gasteiger partial charge in [0.1, 0.15) is 5.69 Å². The molecule has 1 aromatic carbocycles. The molecule has 1 aliphatic rings. The van der Waals surface area contributed by atoms with Gasteiger partial charge in [-0.15, -0.1) is 0 Å². The molecule has 176 valence electrons. The van der Waals surface area contributed by atoms with Crippen molar-refractivity contribution in [2.24, 2.45) is 0 Å². The number of aromatic nitrogens is 3. The lowest BCUT2D eigenvalue weighted by Crippen LogP contribution is -2.25. The molecular weight excluding hydrogens is 452 g/mol. The molecule has 3 aromatic heterocycles. The fourth-order valence-electron chi connectivity index (χ4n) is 4.50. The number of nitrogens with zero attached hydrogens (tertiary/aromatic N) is 3. The minimum absolute atomic E-state index is 0.0247. The number of fused-ring (bicyclic) bond motifs is 1. The van der Waals surface area contributed by atoms with Crippen LogP contribution in [0.1, 0.15) is 40.5 Å². The molecule has 1 N–H and O–H groups in total. The summed E-state index contributed by atoms with van der Waals surface area (Å²) in [7, 11) is -3.11. The lowest BCUT2D eigenvalue weighted by molar-refractivity contribution is 0.0954. The molecule has 0 radical (unpaired) electrons. The van der Waals surface area contributed by atoms with E-state index in [0.29, 0.717) is 46.7 Å². The van der Waals surface area contributed by atoms with Crippen LogP contribution in [0.2, 0.25) is 0 Å². The highest BCUT2D eigenvalue weighted by Gasteiger charge is 2.32. The number of amides is 1. The van der Waals surface area contributed by atoms with Crippen molar-refractivity contribution in [2.75, 3.05) is 18.1 Å². The molecular formula is C25H26N4O4S. The van der Waals surface area contributed by atoms with Crippen LogP contribution >= 0.6 is 0 Å². The number of aryl methyl sites for hydroxylation is 2. The second-order valence-electron chi connectivity index (χ2n) is 8.66. The van der Waals surface area contributed by atoms with Crippen LogP contribution in [0.25, 0.3) is 22.5 Å². The van der Waals surface area contributed by atoms with E-state index in [0.717, 1.165) is 12.8 Å². The first-order valence-corrected chi connectivity index (χ1v) is 13.2. The first-order valence-electron chi connectivity index (χ1n) is 11.4. The predicted molar refractivity (Wildman–Crippen MR) is 129 cm³/mol. The van der Waals surface area contributed by atoms with Gasteiger partial charge in [-0.25, -0.2) is 18.1 Å². The van der Waals surface area contributed by atoms with Crippen LogP contribution in [0.5, 0.6) is 0 Å². The van der Waals surface area contributed by atoms with Gasteiger partial charge >= 0.3 is 0 Å². The van der Waals surface area contributed by atoms with E-state index in [1.165, 1.54) is 5.56 Å². The van der Waals surface area contributed by atoms with Crippen molar-refractivity contribution >= 4 is 26.8 Å². The van der Waals surface area contributed by atoms with Crippen molar-refractivity contribution in [1.82, 2.24) is 20.1 Å². The summed E-state index contributed by atoms with van der Waals surface area (Å²) in [4.78, 5) is 18.0. The van der Waals surface area contributed by atoms with Crippen LogP contribution in [0, 0.1) is 6.92 Å². The van der Waals surface area contributed by atoms with Gasteiger partial charge in [0, 0.05) is 6.54 Å². The lowest BCUT2D eigenvalue weighted by atomic mass is 10.1. The van der Waals surface area contributed by atoms with Crippen molar-refractivity contribution in [2.45, 2.75) is 32.2 Å². The van der Waals surface area contributed by atoms with Gasteiger partial charge < -0.3 is 9.73 Å². The smallest absolute Gasteiger partial charge is 0.252 e. The second-order valence-corrected chi connectivity index (χ2v) is 10.9. The number of hydrogen-bond donors (Lipinski definition) is 1. The third-order valence-electron chi connectivity index (χ3n) is 6.18. The molecule has 1 fully saturated rings. The fourth-order valence-corrected chi connectivity index (χ4v) is 6.19. The maximum Gasteiger partial charge on any atom is 0.252 e. The highest BCUT2D eigenvalue weighted by atomic mass is 32.2. The quantitative estimate of drug-likeness (QED) is 0.406. The topological polar surface area (TPSA) is 107 Å². The maximum absolute atomic E-state index is 13.3. The number of pyridine rings is 1. The van der Waals surface area contributed by atoms with Crippen LogP contribution in [0.4, 0.5) is 0 Å². The van der Waals surface area contributed by atoms with Gasteiger partial charge in [-0.2, -0.15) is 5.10 Å². The molecule has 0 spiro atoms. The Morgan fingerprint density at radius 1 is 1.21 bits per heavy atom. The largest absolute Gasteiger partial charge is 0.463 e.